The van der Waals surface area contributed by atoms with Crippen LogP contribution in [0.4, 0.5) is 10.5 Å². The molecule has 148 valence electrons. The van der Waals surface area contributed by atoms with Crippen molar-refractivity contribution in [2.45, 2.75) is 32.7 Å². The summed E-state index contributed by atoms with van der Waals surface area (Å²) in [6, 6.07) is 14.6. The molecule has 3 amide bonds. The summed E-state index contributed by atoms with van der Waals surface area (Å²) < 4.78 is 5.83. The van der Waals surface area contributed by atoms with Crippen molar-refractivity contribution < 1.29 is 14.3 Å². The predicted octanol–water partition coefficient (Wildman–Crippen LogP) is 3.49. The summed E-state index contributed by atoms with van der Waals surface area (Å²) in [5.41, 5.74) is 2.87. The standard InChI is InChI=1S/C22H27N3O3/c1-16-8-6-9-17(2)20(16)28-15-13-23-21(26)19-12-7-14-25(19)22(27)24-18-10-4-3-5-11-18/h3-6,8-11,19H,7,12-15H2,1-2H3,(H,23,26)(H,24,27). The van der Waals surface area contributed by atoms with Gasteiger partial charge in [-0.15, -0.1) is 0 Å². The number of hydrogen-bond donors (Lipinski definition) is 2. The maximum absolute atomic E-state index is 12.6. The lowest BCUT2D eigenvalue weighted by Crippen LogP contribution is -2.48. The first-order valence-electron chi connectivity index (χ1n) is 9.65. The molecule has 1 fully saturated rings. The van der Waals surface area contributed by atoms with E-state index in [-0.39, 0.29) is 11.9 Å². The van der Waals surface area contributed by atoms with E-state index in [2.05, 4.69) is 10.6 Å². The normalized spacial score (nSPS) is 15.9. The van der Waals surface area contributed by atoms with E-state index in [0.717, 1.165) is 29.0 Å². The highest BCUT2D eigenvalue weighted by atomic mass is 16.5. The summed E-state index contributed by atoms with van der Waals surface area (Å²) in [7, 11) is 0. The van der Waals surface area contributed by atoms with Crippen LogP contribution in [0.1, 0.15) is 24.0 Å². The quantitative estimate of drug-likeness (QED) is 0.753. The molecule has 6 heteroatoms. The maximum atomic E-state index is 12.6. The first-order chi connectivity index (χ1) is 13.6. The number of carbonyl (C=O) groups is 2. The molecule has 0 aliphatic carbocycles. The molecule has 3 rings (SSSR count). The van der Waals surface area contributed by atoms with E-state index in [4.69, 9.17) is 4.74 Å². The Bertz CT molecular complexity index is 803. The third-order valence-corrected chi connectivity index (χ3v) is 4.90. The smallest absolute Gasteiger partial charge is 0.322 e. The van der Waals surface area contributed by atoms with Crippen molar-refractivity contribution in [3.63, 3.8) is 0 Å². The van der Waals surface area contributed by atoms with E-state index in [1.165, 1.54) is 0 Å². The fourth-order valence-electron chi connectivity index (χ4n) is 3.47. The molecule has 0 saturated carbocycles. The largest absolute Gasteiger partial charge is 0.491 e. The van der Waals surface area contributed by atoms with Gasteiger partial charge in [0, 0.05) is 12.2 Å². The summed E-state index contributed by atoms with van der Waals surface area (Å²) >= 11 is 0. The second kappa shape index (κ2) is 9.26. The highest BCUT2D eigenvalue weighted by Gasteiger charge is 2.33. The van der Waals surface area contributed by atoms with Crippen LogP contribution >= 0.6 is 0 Å². The number of nitrogens with one attached hydrogen (secondary N) is 2. The Balaban J connectivity index is 1.48. The third-order valence-electron chi connectivity index (χ3n) is 4.90. The van der Waals surface area contributed by atoms with Crippen molar-refractivity contribution in [2.24, 2.45) is 0 Å². The highest BCUT2D eigenvalue weighted by molar-refractivity contribution is 5.94. The Morgan fingerprint density at radius 3 is 2.50 bits per heavy atom. The molecular formula is C22H27N3O3. The van der Waals surface area contributed by atoms with Crippen LogP contribution in [-0.4, -0.2) is 42.6 Å². The SMILES string of the molecule is Cc1cccc(C)c1OCCNC(=O)C1CCCN1C(=O)Nc1ccccc1. The second-order valence-electron chi connectivity index (χ2n) is 7.01. The van der Waals surface area contributed by atoms with Crippen LogP contribution in [0.15, 0.2) is 48.5 Å². The van der Waals surface area contributed by atoms with Crippen molar-refractivity contribution in [3.05, 3.63) is 59.7 Å². The van der Waals surface area contributed by atoms with Gasteiger partial charge in [0.1, 0.15) is 18.4 Å². The van der Waals surface area contributed by atoms with Crippen LogP contribution < -0.4 is 15.4 Å². The average molecular weight is 381 g/mol. The number of likely N-dealkylation sites (tertiary alicyclic amines) is 1. The van der Waals surface area contributed by atoms with Gasteiger partial charge in [-0.25, -0.2) is 4.79 Å². The number of para-hydroxylation sites is 2. The molecule has 0 radical (unpaired) electrons. The van der Waals surface area contributed by atoms with Crippen LogP contribution in [0.2, 0.25) is 0 Å². The molecule has 0 bridgehead atoms. The summed E-state index contributed by atoms with van der Waals surface area (Å²) in [4.78, 5) is 26.7. The van der Waals surface area contributed by atoms with E-state index in [0.29, 0.717) is 26.1 Å². The molecule has 28 heavy (non-hydrogen) atoms. The molecule has 1 atom stereocenters. The van der Waals surface area contributed by atoms with E-state index >= 15 is 0 Å². The van der Waals surface area contributed by atoms with Crippen LogP contribution in [0.3, 0.4) is 0 Å². The van der Waals surface area contributed by atoms with Gasteiger partial charge < -0.3 is 20.3 Å². The number of urea groups is 1. The first kappa shape index (κ1) is 19.7. The molecule has 0 aromatic heterocycles. The number of nitrogens with zero attached hydrogens (tertiary/aromatic N) is 1. The number of rotatable bonds is 6. The van der Waals surface area contributed by atoms with Gasteiger partial charge in [-0.05, 0) is 49.9 Å². The Labute approximate surface area is 165 Å². The fraction of sp³-hybridized carbons (Fsp3) is 0.364. The zero-order valence-corrected chi connectivity index (χ0v) is 16.4. The van der Waals surface area contributed by atoms with Crippen LogP contribution in [-0.2, 0) is 4.79 Å². The topological polar surface area (TPSA) is 70.7 Å². The lowest BCUT2D eigenvalue weighted by molar-refractivity contribution is -0.124. The number of ether oxygens (including phenoxy) is 1. The monoisotopic (exact) mass is 381 g/mol. The lowest BCUT2D eigenvalue weighted by Gasteiger charge is -2.24. The van der Waals surface area contributed by atoms with Gasteiger partial charge in [-0.3, -0.25) is 4.79 Å². The minimum absolute atomic E-state index is 0.134. The minimum Gasteiger partial charge on any atom is -0.491 e. The predicted molar refractivity (Wildman–Crippen MR) is 110 cm³/mol. The summed E-state index contributed by atoms with van der Waals surface area (Å²) in [6.45, 7) is 5.37. The highest BCUT2D eigenvalue weighted by Crippen LogP contribution is 2.22. The Hall–Kier alpha value is -3.02. The van der Waals surface area contributed by atoms with Crippen LogP contribution in [0, 0.1) is 13.8 Å². The van der Waals surface area contributed by atoms with Gasteiger partial charge in [0.25, 0.3) is 0 Å². The van der Waals surface area contributed by atoms with Crippen LogP contribution in [0.5, 0.6) is 5.75 Å². The molecule has 2 aromatic carbocycles. The number of carbonyl (C=O) groups excluding carboxylic acids is 2. The van der Waals surface area contributed by atoms with Gasteiger partial charge in [0.05, 0.1) is 6.54 Å². The molecular weight excluding hydrogens is 354 g/mol. The minimum atomic E-state index is -0.441. The van der Waals surface area contributed by atoms with Crippen LogP contribution in [0.25, 0.3) is 0 Å². The van der Waals surface area contributed by atoms with Gasteiger partial charge in [-0.1, -0.05) is 36.4 Å². The third kappa shape index (κ3) is 4.82. The van der Waals surface area contributed by atoms with Gasteiger partial charge in [-0.2, -0.15) is 0 Å². The zero-order valence-electron chi connectivity index (χ0n) is 16.4. The van der Waals surface area contributed by atoms with Gasteiger partial charge in [0.15, 0.2) is 0 Å². The lowest BCUT2D eigenvalue weighted by atomic mass is 10.1. The first-order valence-corrected chi connectivity index (χ1v) is 9.65. The van der Waals surface area contributed by atoms with Crippen molar-refractivity contribution in [1.29, 1.82) is 0 Å². The summed E-state index contributed by atoms with van der Waals surface area (Å²) in [5, 5.41) is 5.75. The van der Waals surface area contributed by atoms with Gasteiger partial charge >= 0.3 is 6.03 Å². The van der Waals surface area contributed by atoms with E-state index < -0.39 is 6.04 Å². The van der Waals surface area contributed by atoms with Crippen molar-refractivity contribution in [1.82, 2.24) is 10.2 Å². The Morgan fingerprint density at radius 2 is 1.79 bits per heavy atom. The molecule has 1 saturated heterocycles. The maximum Gasteiger partial charge on any atom is 0.322 e. The molecule has 6 nitrogen and oxygen atoms in total. The average Bonchev–Trinajstić information content (AvgIpc) is 3.18. The Morgan fingerprint density at radius 1 is 1.07 bits per heavy atom. The molecule has 1 aliphatic rings. The number of aryl methyl sites for hydroxylation is 2. The second-order valence-corrected chi connectivity index (χ2v) is 7.01. The fourth-order valence-corrected chi connectivity index (χ4v) is 3.47. The van der Waals surface area contributed by atoms with Crippen molar-refractivity contribution >= 4 is 17.6 Å². The summed E-state index contributed by atoms with van der Waals surface area (Å²) in [6.07, 6.45) is 1.49. The molecule has 2 aromatic rings. The number of anilines is 1. The number of hydrogen-bond acceptors (Lipinski definition) is 3. The molecule has 0 spiro atoms. The molecule has 1 heterocycles. The molecule has 1 aliphatic heterocycles. The van der Waals surface area contributed by atoms with Crippen molar-refractivity contribution in [2.75, 3.05) is 25.0 Å². The Kier molecular flexibility index (Phi) is 6.53. The van der Waals surface area contributed by atoms with E-state index in [9.17, 15) is 9.59 Å². The van der Waals surface area contributed by atoms with E-state index in [1.54, 1.807) is 4.90 Å². The van der Waals surface area contributed by atoms with E-state index in [1.807, 2.05) is 62.4 Å². The van der Waals surface area contributed by atoms with Gasteiger partial charge in [0.2, 0.25) is 5.91 Å². The number of benzene rings is 2. The summed E-state index contributed by atoms with van der Waals surface area (Å²) in [5.74, 6) is 0.729. The zero-order chi connectivity index (χ0) is 19.9. The number of amides is 3. The molecule has 2 N–H and O–H groups in total. The molecule has 1 unspecified atom stereocenters. The van der Waals surface area contributed by atoms with Crippen molar-refractivity contribution in [3.8, 4) is 5.75 Å².